The minimum Gasteiger partial charge on any atom is -0.384 e. The van der Waals surface area contributed by atoms with Gasteiger partial charge in [-0.2, -0.15) is 13.2 Å². The Morgan fingerprint density at radius 2 is 1.90 bits per heavy atom. The number of anilines is 1. The highest BCUT2D eigenvalue weighted by atomic mass is 32.2. The summed E-state index contributed by atoms with van der Waals surface area (Å²) in [4.78, 5) is -1.16. The molecule has 0 radical (unpaired) electrons. The monoisotopic (exact) mass is 347 g/mol. The molecule has 0 saturated carbocycles. The fraction of sp³-hybridized carbons (Fsp3) is 0.455. The van der Waals surface area contributed by atoms with Crippen molar-refractivity contribution in [3.05, 3.63) is 24.0 Å². The highest BCUT2D eigenvalue weighted by Gasteiger charge is 2.48. The van der Waals surface area contributed by atoms with Crippen LogP contribution >= 0.6 is 0 Å². The SMILES string of the molecule is CS(=O)CCCNc1ccc(F)cc1S(=O)(=O)C(F)(F)F. The van der Waals surface area contributed by atoms with Gasteiger partial charge in [0.15, 0.2) is 0 Å². The van der Waals surface area contributed by atoms with E-state index < -0.39 is 36.9 Å². The van der Waals surface area contributed by atoms with Crippen molar-refractivity contribution >= 4 is 26.3 Å². The Morgan fingerprint density at radius 1 is 1.29 bits per heavy atom. The number of benzene rings is 1. The summed E-state index contributed by atoms with van der Waals surface area (Å²) in [5.41, 5.74) is -5.85. The lowest BCUT2D eigenvalue weighted by Crippen LogP contribution is -2.24. The van der Waals surface area contributed by atoms with E-state index in [2.05, 4.69) is 5.32 Å². The number of alkyl halides is 3. The Hall–Kier alpha value is -1.16. The molecule has 1 unspecified atom stereocenters. The highest BCUT2D eigenvalue weighted by Crippen LogP contribution is 2.34. The van der Waals surface area contributed by atoms with Crippen LogP contribution in [0, 0.1) is 5.82 Å². The van der Waals surface area contributed by atoms with Crippen molar-refractivity contribution in [3.63, 3.8) is 0 Å². The van der Waals surface area contributed by atoms with E-state index in [1.54, 1.807) is 0 Å². The molecule has 0 saturated heterocycles. The maximum atomic E-state index is 13.1. The number of hydrogen-bond donors (Lipinski definition) is 1. The van der Waals surface area contributed by atoms with Crippen LogP contribution in [0.5, 0.6) is 0 Å². The molecule has 0 amide bonds. The molecule has 1 aromatic carbocycles. The minimum absolute atomic E-state index is 0.117. The molecule has 0 aliphatic heterocycles. The Labute approximate surface area is 121 Å². The smallest absolute Gasteiger partial charge is 0.384 e. The summed E-state index contributed by atoms with van der Waals surface area (Å²) in [5, 5.41) is 2.49. The summed E-state index contributed by atoms with van der Waals surface area (Å²) in [5.74, 6) is -0.770. The first-order valence-corrected chi connectivity index (χ1v) is 8.91. The Kier molecular flexibility index (Phi) is 5.74. The fourth-order valence-electron chi connectivity index (χ4n) is 1.49. The van der Waals surface area contributed by atoms with Gasteiger partial charge >= 0.3 is 5.51 Å². The van der Waals surface area contributed by atoms with Crippen LogP contribution in [0.1, 0.15) is 6.42 Å². The number of nitrogens with one attached hydrogen (secondary N) is 1. The summed E-state index contributed by atoms with van der Waals surface area (Å²) in [6.45, 7) is 0.117. The van der Waals surface area contributed by atoms with E-state index in [9.17, 15) is 30.2 Å². The third kappa shape index (κ3) is 4.67. The largest absolute Gasteiger partial charge is 0.501 e. The Balaban J connectivity index is 3.04. The van der Waals surface area contributed by atoms with Crippen molar-refractivity contribution in [3.8, 4) is 0 Å². The zero-order chi connectivity index (χ0) is 16.3. The van der Waals surface area contributed by atoms with E-state index in [1.807, 2.05) is 0 Å². The summed E-state index contributed by atoms with van der Waals surface area (Å²) >= 11 is 0. The highest BCUT2D eigenvalue weighted by molar-refractivity contribution is 7.92. The molecule has 1 aromatic rings. The molecular formula is C11H13F4NO3S2. The minimum atomic E-state index is -5.65. The standard InChI is InChI=1S/C11H13F4NO3S2/c1-20(17)6-2-5-16-9-4-3-8(12)7-10(9)21(18,19)11(13,14)15/h3-4,7,16H,2,5-6H2,1H3. The second kappa shape index (κ2) is 6.73. The van der Waals surface area contributed by atoms with Crippen LogP contribution < -0.4 is 5.32 Å². The number of sulfone groups is 1. The van der Waals surface area contributed by atoms with E-state index in [-0.39, 0.29) is 12.2 Å². The number of hydrogen-bond acceptors (Lipinski definition) is 4. The summed E-state index contributed by atoms with van der Waals surface area (Å²) in [6, 6.07) is 2.11. The van der Waals surface area contributed by atoms with Crippen molar-refractivity contribution in [2.75, 3.05) is 23.9 Å². The fourth-order valence-corrected chi connectivity index (χ4v) is 2.99. The summed E-state index contributed by atoms with van der Waals surface area (Å²) in [7, 11) is -6.71. The first-order valence-electron chi connectivity index (χ1n) is 5.70. The molecule has 0 bridgehead atoms. The van der Waals surface area contributed by atoms with Gasteiger partial charge in [-0.15, -0.1) is 0 Å². The number of halogens is 4. The van der Waals surface area contributed by atoms with E-state index in [4.69, 9.17) is 0 Å². The molecule has 1 N–H and O–H groups in total. The Morgan fingerprint density at radius 3 is 2.43 bits per heavy atom. The molecule has 0 heterocycles. The van der Waals surface area contributed by atoms with Crippen LogP contribution in [-0.2, 0) is 20.6 Å². The third-order valence-electron chi connectivity index (χ3n) is 2.46. The van der Waals surface area contributed by atoms with Gasteiger partial charge in [0.1, 0.15) is 10.7 Å². The van der Waals surface area contributed by atoms with E-state index in [1.165, 1.54) is 6.26 Å². The van der Waals surface area contributed by atoms with Crippen molar-refractivity contribution in [2.45, 2.75) is 16.8 Å². The van der Waals surface area contributed by atoms with E-state index in [0.717, 1.165) is 12.1 Å². The van der Waals surface area contributed by atoms with Gasteiger partial charge in [-0.1, -0.05) is 0 Å². The van der Waals surface area contributed by atoms with Gasteiger partial charge in [0, 0.05) is 29.4 Å². The second-order valence-electron chi connectivity index (χ2n) is 4.15. The normalized spacial score (nSPS) is 14.0. The first-order chi connectivity index (χ1) is 9.55. The van der Waals surface area contributed by atoms with Crippen molar-refractivity contribution < 1.29 is 30.2 Å². The van der Waals surface area contributed by atoms with Crippen molar-refractivity contribution in [2.24, 2.45) is 0 Å². The second-order valence-corrected chi connectivity index (χ2v) is 7.61. The van der Waals surface area contributed by atoms with Crippen molar-refractivity contribution in [1.82, 2.24) is 0 Å². The molecule has 10 heteroatoms. The van der Waals surface area contributed by atoms with E-state index in [0.29, 0.717) is 18.2 Å². The van der Waals surface area contributed by atoms with Gasteiger partial charge in [-0.3, -0.25) is 4.21 Å². The van der Waals surface area contributed by atoms with Crippen LogP contribution in [0.15, 0.2) is 23.1 Å². The van der Waals surface area contributed by atoms with Crippen LogP contribution in [0.25, 0.3) is 0 Å². The van der Waals surface area contributed by atoms with Gasteiger partial charge in [-0.05, 0) is 24.6 Å². The molecule has 1 atom stereocenters. The van der Waals surface area contributed by atoms with Crippen LogP contribution in [0.3, 0.4) is 0 Å². The van der Waals surface area contributed by atoms with Gasteiger partial charge in [0.2, 0.25) is 0 Å². The molecule has 0 aliphatic carbocycles. The Bertz CT molecular complexity index is 629. The molecule has 0 spiro atoms. The molecule has 4 nitrogen and oxygen atoms in total. The summed E-state index contributed by atoms with van der Waals surface area (Å²) in [6.07, 6.45) is 1.84. The molecule has 0 aliphatic rings. The lowest BCUT2D eigenvalue weighted by Gasteiger charge is -2.14. The van der Waals surface area contributed by atoms with Crippen LogP contribution in [0.2, 0.25) is 0 Å². The van der Waals surface area contributed by atoms with E-state index >= 15 is 0 Å². The zero-order valence-electron chi connectivity index (χ0n) is 10.9. The average molecular weight is 347 g/mol. The average Bonchev–Trinajstić information content (AvgIpc) is 2.34. The molecule has 0 fully saturated rings. The van der Waals surface area contributed by atoms with Crippen molar-refractivity contribution in [1.29, 1.82) is 0 Å². The molecule has 120 valence electrons. The third-order valence-corrected chi connectivity index (χ3v) is 4.85. The molecule has 21 heavy (non-hydrogen) atoms. The summed E-state index contributed by atoms with van der Waals surface area (Å²) < 4.78 is 84.3. The van der Waals surface area contributed by atoms with Crippen LogP contribution in [-0.4, -0.2) is 36.7 Å². The maximum absolute atomic E-state index is 13.1. The first kappa shape index (κ1) is 17.9. The molecular weight excluding hydrogens is 334 g/mol. The quantitative estimate of drug-likeness (QED) is 0.634. The van der Waals surface area contributed by atoms with Gasteiger partial charge in [0.25, 0.3) is 9.84 Å². The topological polar surface area (TPSA) is 63.2 Å². The van der Waals surface area contributed by atoms with Gasteiger partial charge in [-0.25, -0.2) is 12.8 Å². The predicted octanol–water partition coefficient (Wildman–Crippen LogP) is 2.30. The zero-order valence-corrected chi connectivity index (χ0v) is 12.5. The lowest BCUT2D eigenvalue weighted by molar-refractivity contribution is -0.0435. The van der Waals surface area contributed by atoms with Crippen LogP contribution in [0.4, 0.5) is 23.2 Å². The van der Waals surface area contributed by atoms with Gasteiger partial charge < -0.3 is 5.32 Å². The molecule has 1 rings (SSSR count). The predicted molar refractivity (Wildman–Crippen MR) is 71.7 cm³/mol. The number of rotatable bonds is 6. The maximum Gasteiger partial charge on any atom is 0.501 e. The molecule has 0 aromatic heterocycles. The lowest BCUT2D eigenvalue weighted by atomic mass is 10.3. The van der Waals surface area contributed by atoms with Gasteiger partial charge in [0.05, 0.1) is 5.69 Å².